The smallest absolute Gasteiger partial charge is 0.167 e. The molecule has 4 aromatic rings. The molecule has 8 nitrogen and oxygen atoms in total. The molecule has 0 amide bonds. The van der Waals surface area contributed by atoms with E-state index in [0.717, 1.165) is 11.3 Å². The van der Waals surface area contributed by atoms with Crippen molar-refractivity contribution in [1.29, 1.82) is 0 Å². The maximum absolute atomic E-state index is 9.36. The van der Waals surface area contributed by atoms with Gasteiger partial charge in [-0.05, 0) is 48.9 Å². The fraction of sp³-hybridized carbons (Fsp3) is 0.0952. The Morgan fingerprint density at radius 3 is 2.62 bits per heavy atom. The minimum atomic E-state index is -0.0234. The third kappa shape index (κ3) is 3.61. The number of aliphatic hydroxyl groups excluding tert-OH is 1. The Kier molecular flexibility index (Phi) is 4.84. The molecule has 3 heterocycles. The molecule has 0 saturated carbocycles. The van der Waals surface area contributed by atoms with Crippen molar-refractivity contribution in [2.45, 2.75) is 13.5 Å². The molecule has 6 N–H and O–H groups in total. The highest BCUT2D eigenvalue weighted by Gasteiger charge is 2.18. The zero-order chi connectivity index (χ0) is 20.4. The predicted molar refractivity (Wildman–Crippen MR) is 114 cm³/mol. The minimum Gasteiger partial charge on any atom is -0.401 e. The van der Waals surface area contributed by atoms with Crippen molar-refractivity contribution in [2.75, 3.05) is 11.1 Å². The number of nitrogens with one attached hydrogen (secondary N) is 1. The molecule has 1 aromatic carbocycles. The molecule has 0 atom stereocenters. The number of nitrogens with two attached hydrogens (primary N) is 2. The average molecular weight is 387 g/mol. The molecule has 0 aliphatic rings. The van der Waals surface area contributed by atoms with Crippen LogP contribution in [0.3, 0.4) is 0 Å². The van der Waals surface area contributed by atoms with Crippen LogP contribution in [0.25, 0.3) is 28.2 Å². The SMILES string of the molecule is C/C(N)=C/Nc1ccc2nc(-c3cccnc3N)n(-c3ccc(CO)cc3)c2n1. The van der Waals surface area contributed by atoms with Crippen molar-refractivity contribution in [3.63, 3.8) is 0 Å². The van der Waals surface area contributed by atoms with Crippen LogP contribution >= 0.6 is 0 Å². The Balaban J connectivity index is 1.96. The number of aromatic nitrogens is 4. The molecule has 0 bridgehead atoms. The Morgan fingerprint density at radius 1 is 1.14 bits per heavy atom. The average Bonchev–Trinajstić information content (AvgIpc) is 3.11. The van der Waals surface area contributed by atoms with Gasteiger partial charge in [0, 0.05) is 23.8 Å². The predicted octanol–water partition coefficient (Wildman–Crippen LogP) is 2.79. The molecule has 29 heavy (non-hydrogen) atoms. The summed E-state index contributed by atoms with van der Waals surface area (Å²) in [6, 6.07) is 15.0. The van der Waals surface area contributed by atoms with Gasteiger partial charge in [-0.25, -0.2) is 15.0 Å². The molecule has 0 aliphatic carbocycles. The van der Waals surface area contributed by atoms with Gasteiger partial charge in [0.2, 0.25) is 0 Å². The highest BCUT2D eigenvalue weighted by molar-refractivity contribution is 5.83. The maximum Gasteiger partial charge on any atom is 0.167 e. The summed E-state index contributed by atoms with van der Waals surface area (Å²) in [5, 5.41) is 12.4. The first kappa shape index (κ1) is 18.5. The van der Waals surface area contributed by atoms with Crippen LogP contribution in [-0.2, 0) is 6.61 Å². The fourth-order valence-electron chi connectivity index (χ4n) is 3.01. The molecule has 0 spiro atoms. The van der Waals surface area contributed by atoms with E-state index in [4.69, 9.17) is 21.4 Å². The first-order valence-corrected chi connectivity index (χ1v) is 9.06. The number of allylic oxidation sites excluding steroid dienone is 1. The molecule has 0 radical (unpaired) electrons. The van der Waals surface area contributed by atoms with E-state index in [1.165, 1.54) is 0 Å². The number of fused-ring (bicyclic) bond motifs is 1. The zero-order valence-electron chi connectivity index (χ0n) is 15.9. The van der Waals surface area contributed by atoms with Crippen LogP contribution < -0.4 is 16.8 Å². The quantitative estimate of drug-likeness (QED) is 0.414. The molecular weight excluding hydrogens is 366 g/mol. The van der Waals surface area contributed by atoms with Crippen LogP contribution in [0.15, 0.2) is 66.6 Å². The van der Waals surface area contributed by atoms with Gasteiger partial charge in [-0.1, -0.05) is 12.1 Å². The van der Waals surface area contributed by atoms with E-state index < -0.39 is 0 Å². The standard InChI is InChI=1S/C21H21N7O/c1-13(22)11-25-18-9-8-17-21(27-18)28(15-6-4-14(12-29)5-7-15)20(26-17)16-3-2-10-24-19(16)23/h2-11,29H,12,22H2,1H3,(H2,23,24)(H,25,27)/b13-11-. The highest BCUT2D eigenvalue weighted by atomic mass is 16.3. The minimum absolute atomic E-state index is 0.0234. The third-order valence-corrected chi connectivity index (χ3v) is 4.41. The molecular formula is C21H21N7O. The number of imidazole rings is 1. The number of anilines is 2. The number of nitrogen functional groups attached to an aromatic ring is 1. The first-order valence-electron chi connectivity index (χ1n) is 9.06. The molecule has 0 aliphatic heterocycles. The van der Waals surface area contributed by atoms with Gasteiger partial charge in [-0.15, -0.1) is 0 Å². The summed E-state index contributed by atoms with van der Waals surface area (Å²) in [6.07, 6.45) is 3.33. The number of nitrogens with zero attached hydrogens (tertiary/aromatic N) is 4. The fourth-order valence-corrected chi connectivity index (χ4v) is 3.01. The van der Waals surface area contributed by atoms with E-state index in [-0.39, 0.29) is 6.61 Å². The van der Waals surface area contributed by atoms with E-state index in [0.29, 0.717) is 39.9 Å². The lowest BCUT2D eigenvalue weighted by atomic mass is 10.2. The van der Waals surface area contributed by atoms with Crippen LogP contribution in [0.1, 0.15) is 12.5 Å². The summed E-state index contributed by atoms with van der Waals surface area (Å²) in [5.41, 5.74) is 16.2. The number of aliphatic hydroxyl groups is 1. The molecule has 0 fully saturated rings. The van der Waals surface area contributed by atoms with Gasteiger partial charge in [0.15, 0.2) is 11.5 Å². The van der Waals surface area contributed by atoms with Gasteiger partial charge in [0.25, 0.3) is 0 Å². The van der Waals surface area contributed by atoms with Crippen molar-refractivity contribution in [3.8, 4) is 17.1 Å². The van der Waals surface area contributed by atoms with Crippen molar-refractivity contribution >= 4 is 22.8 Å². The van der Waals surface area contributed by atoms with Crippen molar-refractivity contribution in [3.05, 3.63) is 72.2 Å². The summed E-state index contributed by atoms with van der Waals surface area (Å²) < 4.78 is 1.92. The van der Waals surface area contributed by atoms with Crippen molar-refractivity contribution < 1.29 is 5.11 Å². The summed E-state index contributed by atoms with van der Waals surface area (Å²) >= 11 is 0. The van der Waals surface area contributed by atoms with Crippen LogP contribution in [0.2, 0.25) is 0 Å². The maximum atomic E-state index is 9.36. The van der Waals surface area contributed by atoms with Crippen LogP contribution in [0.4, 0.5) is 11.6 Å². The summed E-state index contributed by atoms with van der Waals surface area (Å²) in [4.78, 5) is 13.7. The lowest BCUT2D eigenvalue weighted by Gasteiger charge is -2.11. The van der Waals surface area contributed by atoms with E-state index in [1.54, 1.807) is 19.3 Å². The summed E-state index contributed by atoms with van der Waals surface area (Å²) in [7, 11) is 0. The van der Waals surface area contributed by atoms with Gasteiger partial charge < -0.3 is 21.9 Å². The van der Waals surface area contributed by atoms with Gasteiger partial charge in [0.05, 0.1) is 12.2 Å². The Morgan fingerprint density at radius 2 is 1.93 bits per heavy atom. The first-order chi connectivity index (χ1) is 14.1. The zero-order valence-corrected chi connectivity index (χ0v) is 15.9. The van der Waals surface area contributed by atoms with Gasteiger partial charge >= 0.3 is 0 Å². The molecule has 8 heteroatoms. The van der Waals surface area contributed by atoms with Crippen LogP contribution in [-0.4, -0.2) is 24.6 Å². The highest BCUT2D eigenvalue weighted by Crippen LogP contribution is 2.30. The number of pyridine rings is 2. The number of rotatable bonds is 5. The van der Waals surface area contributed by atoms with Gasteiger partial charge in [-0.2, -0.15) is 0 Å². The number of benzene rings is 1. The van der Waals surface area contributed by atoms with E-state index in [9.17, 15) is 5.11 Å². The lowest BCUT2D eigenvalue weighted by molar-refractivity contribution is 0.282. The Labute approximate surface area is 167 Å². The number of hydrogen-bond donors (Lipinski definition) is 4. The monoisotopic (exact) mass is 387 g/mol. The Hall–Kier alpha value is -3.91. The lowest BCUT2D eigenvalue weighted by Crippen LogP contribution is -2.03. The topological polar surface area (TPSA) is 128 Å². The number of hydrogen-bond acceptors (Lipinski definition) is 7. The Bertz CT molecular complexity index is 1190. The van der Waals surface area contributed by atoms with Crippen LogP contribution in [0, 0.1) is 0 Å². The molecule has 0 unspecified atom stereocenters. The molecule has 0 saturated heterocycles. The summed E-state index contributed by atoms with van der Waals surface area (Å²) in [6.45, 7) is 1.77. The van der Waals surface area contributed by atoms with E-state index in [2.05, 4.69) is 10.3 Å². The van der Waals surface area contributed by atoms with E-state index >= 15 is 0 Å². The van der Waals surface area contributed by atoms with E-state index in [1.807, 2.05) is 53.1 Å². The van der Waals surface area contributed by atoms with Crippen molar-refractivity contribution in [2.24, 2.45) is 5.73 Å². The van der Waals surface area contributed by atoms with Crippen molar-refractivity contribution in [1.82, 2.24) is 19.5 Å². The molecule has 3 aromatic heterocycles. The van der Waals surface area contributed by atoms with Gasteiger partial charge in [0.1, 0.15) is 17.2 Å². The molecule has 146 valence electrons. The third-order valence-electron chi connectivity index (χ3n) is 4.41. The normalized spacial score (nSPS) is 11.7. The second-order valence-electron chi connectivity index (χ2n) is 6.60. The second-order valence-corrected chi connectivity index (χ2v) is 6.60. The summed E-state index contributed by atoms with van der Waals surface area (Å²) in [5.74, 6) is 1.66. The molecule has 4 rings (SSSR count). The largest absolute Gasteiger partial charge is 0.401 e. The van der Waals surface area contributed by atoms with Gasteiger partial charge in [-0.3, -0.25) is 4.57 Å². The van der Waals surface area contributed by atoms with Crippen LogP contribution in [0.5, 0.6) is 0 Å². The second kappa shape index (κ2) is 7.61.